The van der Waals surface area contributed by atoms with Gasteiger partial charge in [-0.2, -0.15) is 0 Å². The van der Waals surface area contributed by atoms with Crippen molar-refractivity contribution in [3.63, 3.8) is 0 Å². The molecule has 0 aliphatic heterocycles. The molecule has 1 heterocycles. The molecule has 7 heteroatoms. The number of esters is 1. The smallest absolute Gasteiger partial charge is 0.407 e. The van der Waals surface area contributed by atoms with Crippen molar-refractivity contribution in [2.45, 2.75) is 32.9 Å². The maximum atomic E-state index is 11.4. The first kappa shape index (κ1) is 14.9. The van der Waals surface area contributed by atoms with Gasteiger partial charge in [0.1, 0.15) is 5.60 Å². The topological polar surface area (TPSA) is 90.4 Å². The number of ether oxygens (including phenoxy) is 2. The van der Waals surface area contributed by atoms with Gasteiger partial charge in [0.25, 0.3) is 0 Å². The van der Waals surface area contributed by atoms with Crippen molar-refractivity contribution in [1.82, 2.24) is 15.3 Å². The van der Waals surface area contributed by atoms with Crippen LogP contribution in [0.2, 0.25) is 0 Å². The summed E-state index contributed by atoms with van der Waals surface area (Å²) >= 11 is 0. The molecule has 1 aromatic rings. The third kappa shape index (κ3) is 5.33. The van der Waals surface area contributed by atoms with Crippen LogP contribution in [0.25, 0.3) is 0 Å². The second-order valence-electron chi connectivity index (χ2n) is 4.74. The molecule has 0 atom stereocenters. The number of nitrogens with zero attached hydrogens (tertiary/aromatic N) is 2. The summed E-state index contributed by atoms with van der Waals surface area (Å²) in [5, 5.41) is 2.54. The van der Waals surface area contributed by atoms with Crippen LogP contribution in [0, 0.1) is 0 Å². The van der Waals surface area contributed by atoms with Crippen LogP contribution in [-0.2, 0) is 16.0 Å². The molecule has 104 valence electrons. The minimum atomic E-state index is -0.556. The summed E-state index contributed by atoms with van der Waals surface area (Å²) in [7, 11) is 1.27. The number of nitrogens with one attached hydrogen (secondary N) is 1. The molecule has 0 radical (unpaired) electrons. The van der Waals surface area contributed by atoms with E-state index < -0.39 is 17.7 Å². The second-order valence-corrected chi connectivity index (χ2v) is 4.74. The normalized spacial score (nSPS) is 10.7. The molecule has 0 saturated carbocycles. The Labute approximate surface area is 111 Å². The van der Waals surface area contributed by atoms with Crippen LogP contribution in [0.1, 0.15) is 37.0 Å². The standard InChI is InChI=1S/C12H17N3O4/c1-12(2,3)19-11(17)15-6-8-5-14-9(7-13-8)10(16)18-4/h5,7H,6H2,1-4H3,(H,15,17). The Morgan fingerprint density at radius 2 is 1.95 bits per heavy atom. The van der Waals surface area contributed by atoms with Crippen molar-refractivity contribution >= 4 is 12.1 Å². The van der Waals surface area contributed by atoms with Crippen molar-refractivity contribution in [2.24, 2.45) is 0 Å². The van der Waals surface area contributed by atoms with E-state index in [4.69, 9.17) is 4.74 Å². The molecule has 7 nitrogen and oxygen atoms in total. The highest BCUT2D eigenvalue weighted by atomic mass is 16.6. The molecule has 0 aliphatic carbocycles. The van der Waals surface area contributed by atoms with E-state index in [1.54, 1.807) is 20.8 Å². The molecule has 0 aliphatic rings. The monoisotopic (exact) mass is 267 g/mol. The van der Waals surface area contributed by atoms with Gasteiger partial charge in [-0.25, -0.2) is 14.6 Å². The summed E-state index contributed by atoms with van der Waals surface area (Å²) in [4.78, 5) is 30.4. The second kappa shape index (κ2) is 6.12. The molecular weight excluding hydrogens is 250 g/mol. The van der Waals surface area contributed by atoms with E-state index in [0.717, 1.165) is 0 Å². The van der Waals surface area contributed by atoms with E-state index in [0.29, 0.717) is 5.69 Å². The van der Waals surface area contributed by atoms with Crippen LogP contribution in [0.15, 0.2) is 12.4 Å². The number of aromatic nitrogens is 2. The van der Waals surface area contributed by atoms with E-state index in [1.807, 2.05) is 0 Å². The van der Waals surface area contributed by atoms with Gasteiger partial charge in [0.15, 0.2) is 5.69 Å². The predicted molar refractivity (Wildman–Crippen MR) is 66.4 cm³/mol. The van der Waals surface area contributed by atoms with Crippen LogP contribution >= 0.6 is 0 Å². The number of carbonyl (C=O) groups excluding carboxylic acids is 2. The lowest BCUT2D eigenvalue weighted by Crippen LogP contribution is -2.32. The lowest BCUT2D eigenvalue weighted by atomic mass is 10.2. The molecule has 1 N–H and O–H groups in total. The van der Waals surface area contributed by atoms with Gasteiger partial charge < -0.3 is 14.8 Å². The Morgan fingerprint density at radius 1 is 1.26 bits per heavy atom. The third-order valence-corrected chi connectivity index (χ3v) is 1.91. The van der Waals surface area contributed by atoms with Crippen LogP contribution in [0.3, 0.4) is 0 Å². The van der Waals surface area contributed by atoms with Gasteiger partial charge in [-0.1, -0.05) is 0 Å². The maximum Gasteiger partial charge on any atom is 0.407 e. The molecule has 0 spiro atoms. The lowest BCUT2D eigenvalue weighted by molar-refractivity contribution is 0.0520. The zero-order chi connectivity index (χ0) is 14.5. The Kier molecular flexibility index (Phi) is 4.80. The number of hydrogen-bond acceptors (Lipinski definition) is 6. The highest BCUT2D eigenvalue weighted by Crippen LogP contribution is 2.06. The summed E-state index contributed by atoms with van der Waals surface area (Å²) in [6.45, 7) is 5.50. The highest BCUT2D eigenvalue weighted by Gasteiger charge is 2.16. The minimum absolute atomic E-state index is 0.114. The molecule has 0 saturated heterocycles. The first-order chi connectivity index (χ1) is 8.81. The highest BCUT2D eigenvalue weighted by molar-refractivity contribution is 5.86. The van der Waals surface area contributed by atoms with Crippen LogP contribution in [0.4, 0.5) is 4.79 Å². The Hall–Kier alpha value is -2.18. The number of amides is 1. The molecule has 1 amide bonds. The molecule has 0 fully saturated rings. The quantitative estimate of drug-likeness (QED) is 0.830. The summed E-state index contributed by atoms with van der Waals surface area (Å²) in [6, 6.07) is 0. The summed E-state index contributed by atoms with van der Waals surface area (Å²) in [6.07, 6.45) is 2.15. The SMILES string of the molecule is COC(=O)c1cnc(CNC(=O)OC(C)(C)C)cn1. The average molecular weight is 267 g/mol. The van der Waals surface area contributed by atoms with E-state index in [-0.39, 0.29) is 12.2 Å². The van der Waals surface area contributed by atoms with Crippen molar-refractivity contribution in [3.05, 3.63) is 23.8 Å². The Balaban J connectivity index is 2.50. The van der Waals surface area contributed by atoms with E-state index >= 15 is 0 Å². The van der Waals surface area contributed by atoms with E-state index in [9.17, 15) is 9.59 Å². The van der Waals surface area contributed by atoms with Gasteiger partial charge in [-0.15, -0.1) is 0 Å². The number of carbonyl (C=O) groups is 2. The fraction of sp³-hybridized carbons (Fsp3) is 0.500. The van der Waals surface area contributed by atoms with Crippen LogP contribution in [0.5, 0.6) is 0 Å². The number of methoxy groups -OCH3 is 1. The van der Waals surface area contributed by atoms with Gasteiger partial charge >= 0.3 is 12.1 Å². The molecule has 1 aromatic heterocycles. The van der Waals surface area contributed by atoms with E-state index in [1.165, 1.54) is 19.5 Å². The summed E-state index contributed by atoms with van der Waals surface area (Å²) in [5.74, 6) is -0.556. The zero-order valence-corrected chi connectivity index (χ0v) is 11.4. The van der Waals surface area contributed by atoms with Gasteiger partial charge in [0, 0.05) is 0 Å². The molecule has 19 heavy (non-hydrogen) atoms. The number of alkyl carbamates (subject to hydrolysis) is 1. The fourth-order valence-corrected chi connectivity index (χ4v) is 1.13. The molecule has 0 bridgehead atoms. The van der Waals surface area contributed by atoms with E-state index in [2.05, 4.69) is 20.0 Å². The van der Waals surface area contributed by atoms with Gasteiger partial charge in [-0.05, 0) is 20.8 Å². The molecular formula is C12H17N3O4. The van der Waals surface area contributed by atoms with Crippen LogP contribution in [-0.4, -0.2) is 34.7 Å². The van der Waals surface area contributed by atoms with Crippen molar-refractivity contribution in [3.8, 4) is 0 Å². The van der Waals surface area contributed by atoms with Crippen LogP contribution < -0.4 is 5.32 Å². The van der Waals surface area contributed by atoms with Crippen molar-refractivity contribution in [2.75, 3.05) is 7.11 Å². The minimum Gasteiger partial charge on any atom is -0.464 e. The summed E-state index contributed by atoms with van der Waals surface area (Å²) in [5.41, 5.74) is 0.0758. The van der Waals surface area contributed by atoms with Gasteiger partial charge in [0.05, 0.1) is 31.7 Å². The Bertz CT molecular complexity index is 451. The average Bonchev–Trinajstić information content (AvgIpc) is 2.34. The zero-order valence-electron chi connectivity index (χ0n) is 11.4. The van der Waals surface area contributed by atoms with Gasteiger partial charge in [0.2, 0.25) is 0 Å². The molecule has 0 unspecified atom stereocenters. The largest absolute Gasteiger partial charge is 0.464 e. The van der Waals surface area contributed by atoms with Gasteiger partial charge in [-0.3, -0.25) is 4.98 Å². The van der Waals surface area contributed by atoms with Crippen molar-refractivity contribution in [1.29, 1.82) is 0 Å². The first-order valence-corrected chi connectivity index (χ1v) is 5.68. The Morgan fingerprint density at radius 3 is 2.42 bits per heavy atom. The predicted octanol–water partition coefficient (Wildman–Crippen LogP) is 1.29. The molecule has 0 aromatic carbocycles. The summed E-state index contributed by atoms with van der Waals surface area (Å²) < 4.78 is 9.56. The maximum absolute atomic E-state index is 11.4. The fourth-order valence-electron chi connectivity index (χ4n) is 1.13. The number of rotatable bonds is 3. The molecule has 1 rings (SSSR count). The number of hydrogen-bond donors (Lipinski definition) is 1. The van der Waals surface area contributed by atoms with Crippen molar-refractivity contribution < 1.29 is 19.1 Å². The first-order valence-electron chi connectivity index (χ1n) is 5.68. The lowest BCUT2D eigenvalue weighted by Gasteiger charge is -2.19. The third-order valence-electron chi connectivity index (χ3n) is 1.91.